The maximum Gasteiger partial charge on any atom is 0.321 e. The first-order chi connectivity index (χ1) is 11.5. The fraction of sp³-hybridized carbons (Fsp3) is 0.467. The first-order valence-electron chi connectivity index (χ1n) is 7.34. The van der Waals surface area contributed by atoms with Crippen LogP contribution in [0.5, 0.6) is 5.75 Å². The molecule has 1 unspecified atom stereocenters. The number of anilines is 1. The van der Waals surface area contributed by atoms with Crippen molar-refractivity contribution in [1.82, 2.24) is 4.90 Å². The summed E-state index contributed by atoms with van der Waals surface area (Å²) in [7, 11) is -1.71. The molecule has 1 aromatic carbocycles. The second kappa shape index (κ2) is 8.91. The van der Waals surface area contributed by atoms with E-state index in [0.29, 0.717) is 5.02 Å². The molecule has 0 radical (unpaired) electrons. The van der Waals surface area contributed by atoms with E-state index < -0.39 is 27.8 Å². The molecule has 0 spiro atoms. The van der Waals surface area contributed by atoms with Crippen molar-refractivity contribution in [3.63, 3.8) is 0 Å². The fourth-order valence-electron chi connectivity index (χ4n) is 1.81. The lowest BCUT2D eigenvalue weighted by atomic mass is 10.2. The summed E-state index contributed by atoms with van der Waals surface area (Å²) in [4.78, 5) is 24.3. The molecule has 0 aromatic heterocycles. The van der Waals surface area contributed by atoms with Gasteiger partial charge in [0.25, 0.3) is 0 Å². The predicted octanol–water partition coefficient (Wildman–Crippen LogP) is 1.95. The van der Waals surface area contributed by atoms with Crippen LogP contribution in [0.1, 0.15) is 6.92 Å². The lowest BCUT2D eigenvalue weighted by Gasteiger charge is -2.21. The van der Waals surface area contributed by atoms with Gasteiger partial charge in [0, 0.05) is 24.9 Å². The number of carboxylic acids is 1. The topological polar surface area (TPSA) is 113 Å². The highest BCUT2D eigenvalue weighted by atomic mass is 35.5. The van der Waals surface area contributed by atoms with Gasteiger partial charge in [-0.3, -0.25) is 4.79 Å². The van der Waals surface area contributed by atoms with Crippen LogP contribution in [0.3, 0.4) is 0 Å². The van der Waals surface area contributed by atoms with Crippen LogP contribution < -0.4 is 10.1 Å². The normalized spacial score (nSPS) is 12.3. The summed E-state index contributed by atoms with van der Waals surface area (Å²) in [6.07, 6.45) is 1.10. The Hall–Kier alpha value is -2.00. The molecule has 0 fully saturated rings. The van der Waals surface area contributed by atoms with Gasteiger partial charge >= 0.3 is 12.0 Å². The van der Waals surface area contributed by atoms with Crippen molar-refractivity contribution in [3.05, 3.63) is 23.2 Å². The average molecular weight is 393 g/mol. The molecular formula is C15H21ClN2O6S. The Kier molecular flexibility index (Phi) is 7.50. The molecule has 2 N–H and O–H groups in total. The number of carboxylic acid groups (broad SMARTS) is 1. The van der Waals surface area contributed by atoms with Gasteiger partial charge in [0.15, 0.2) is 9.84 Å². The number of halogens is 1. The molecular weight excluding hydrogens is 372 g/mol. The van der Waals surface area contributed by atoms with Crippen LogP contribution in [-0.4, -0.2) is 62.6 Å². The maximum atomic E-state index is 12.2. The van der Waals surface area contributed by atoms with Crippen LogP contribution >= 0.6 is 11.6 Å². The molecule has 25 heavy (non-hydrogen) atoms. The first-order valence-corrected chi connectivity index (χ1v) is 9.78. The molecule has 10 heteroatoms. The van der Waals surface area contributed by atoms with Crippen molar-refractivity contribution in [1.29, 1.82) is 0 Å². The third kappa shape index (κ3) is 7.61. The molecule has 0 saturated carbocycles. The van der Waals surface area contributed by atoms with E-state index >= 15 is 0 Å². The Balaban J connectivity index is 2.80. The zero-order chi connectivity index (χ0) is 19.2. The van der Waals surface area contributed by atoms with Gasteiger partial charge in [0.1, 0.15) is 12.4 Å². The number of nitrogens with one attached hydrogen (secondary N) is 1. The van der Waals surface area contributed by atoms with E-state index in [0.717, 1.165) is 6.26 Å². The summed E-state index contributed by atoms with van der Waals surface area (Å²) in [5.74, 6) is -1.63. The summed E-state index contributed by atoms with van der Waals surface area (Å²) in [6, 6.07) is 3.98. The van der Waals surface area contributed by atoms with E-state index in [2.05, 4.69) is 5.32 Å². The Morgan fingerprint density at radius 2 is 2.04 bits per heavy atom. The molecule has 8 nitrogen and oxygen atoms in total. The number of carbonyl (C=O) groups excluding carboxylic acids is 1. The lowest BCUT2D eigenvalue weighted by molar-refractivity contribution is -0.141. The molecule has 0 aliphatic rings. The summed E-state index contributed by atoms with van der Waals surface area (Å²) >= 11 is 5.92. The minimum absolute atomic E-state index is 0.0198. The van der Waals surface area contributed by atoms with Crippen LogP contribution in [0.4, 0.5) is 10.5 Å². The standard InChI is InChI=1S/C15H21ClN2O6S/c1-10(14(19)20)9-18(2)15(21)17-12-8-11(16)4-5-13(12)24-6-7-25(3,22)23/h4-5,8,10H,6-7,9H2,1-3H3,(H,17,21)(H,19,20). The molecule has 0 saturated heterocycles. The van der Waals surface area contributed by atoms with E-state index in [9.17, 15) is 18.0 Å². The molecule has 1 aromatic rings. The number of nitrogens with zero attached hydrogens (tertiary/aromatic N) is 1. The summed E-state index contributed by atoms with van der Waals surface area (Å²) in [6.45, 7) is 1.44. The van der Waals surface area contributed by atoms with E-state index in [4.69, 9.17) is 21.4 Å². The molecule has 0 aliphatic heterocycles. The highest BCUT2D eigenvalue weighted by Gasteiger charge is 2.18. The third-order valence-electron chi connectivity index (χ3n) is 3.21. The van der Waals surface area contributed by atoms with Crippen LogP contribution in [0.2, 0.25) is 5.02 Å². The zero-order valence-electron chi connectivity index (χ0n) is 14.2. The van der Waals surface area contributed by atoms with Crippen LogP contribution in [0.25, 0.3) is 0 Å². The largest absolute Gasteiger partial charge is 0.490 e. The number of urea groups is 1. The van der Waals surface area contributed by atoms with Gasteiger partial charge in [-0.15, -0.1) is 0 Å². The monoisotopic (exact) mass is 392 g/mol. The fourth-order valence-corrected chi connectivity index (χ4v) is 2.37. The number of aliphatic carboxylic acids is 1. The van der Waals surface area contributed by atoms with E-state index in [1.54, 1.807) is 6.07 Å². The number of sulfone groups is 1. The number of benzene rings is 1. The van der Waals surface area contributed by atoms with Crippen molar-refractivity contribution in [3.8, 4) is 5.75 Å². The van der Waals surface area contributed by atoms with Gasteiger partial charge < -0.3 is 20.1 Å². The van der Waals surface area contributed by atoms with E-state index in [1.165, 1.54) is 31.0 Å². The van der Waals surface area contributed by atoms with Gasteiger partial charge in [-0.05, 0) is 18.2 Å². The van der Waals surface area contributed by atoms with E-state index in [-0.39, 0.29) is 30.3 Å². The van der Waals surface area contributed by atoms with Gasteiger partial charge in [-0.2, -0.15) is 0 Å². The molecule has 1 atom stereocenters. The summed E-state index contributed by atoms with van der Waals surface area (Å²) in [5, 5.41) is 11.8. The molecule has 2 amide bonds. The Bertz CT molecular complexity index is 738. The molecule has 0 heterocycles. The van der Waals surface area contributed by atoms with Crippen molar-refractivity contribution in [2.75, 3.05) is 37.5 Å². The number of amides is 2. The lowest BCUT2D eigenvalue weighted by Crippen LogP contribution is -2.36. The van der Waals surface area contributed by atoms with Gasteiger partial charge in [-0.25, -0.2) is 13.2 Å². The SMILES string of the molecule is CC(CN(C)C(=O)Nc1cc(Cl)ccc1OCCS(C)(=O)=O)C(=O)O. The van der Waals surface area contributed by atoms with Crippen LogP contribution in [0.15, 0.2) is 18.2 Å². The summed E-state index contributed by atoms with van der Waals surface area (Å²) < 4.78 is 27.7. The number of carbonyl (C=O) groups is 2. The quantitative estimate of drug-likeness (QED) is 0.699. The van der Waals surface area contributed by atoms with Crippen LogP contribution in [0, 0.1) is 5.92 Å². The van der Waals surface area contributed by atoms with Crippen LogP contribution in [-0.2, 0) is 14.6 Å². The van der Waals surface area contributed by atoms with Gasteiger partial charge in [0.2, 0.25) is 0 Å². The van der Waals surface area contributed by atoms with Crippen molar-refractivity contribution in [2.24, 2.45) is 5.92 Å². The highest BCUT2D eigenvalue weighted by Crippen LogP contribution is 2.28. The predicted molar refractivity (Wildman–Crippen MR) is 95.1 cm³/mol. The maximum absolute atomic E-state index is 12.2. The zero-order valence-corrected chi connectivity index (χ0v) is 15.7. The minimum atomic E-state index is -3.18. The second-order valence-corrected chi connectivity index (χ2v) is 8.36. The van der Waals surface area contributed by atoms with Gasteiger partial charge in [-0.1, -0.05) is 18.5 Å². The third-order valence-corrected chi connectivity index (χ3v) is 4.35. The molecule has 0 bridgehead atoms. The minimum Gasteiger partial charge on any atom is -0.490 e. The second-order valence-electron chi connectivity index (χ2n) is 5.67. The number of rotatable bonds is 8. The van der Waals surface area contributed by atoms with Crippen molar-refractivity contribution in [2.45, 2.75) is 6.92 Å². The molecule has 0 aliphatic carbocycles. The average Bonchev–Trinajstić information content (AvgIpc) is 2.47. The number of hydrogen-bond donors (Lipinski definition) is 2. The highest BCUT2D eigenvalue weighted by molar-refractivity contribution is 7.90. The Morgan fingerprint density at radius 1 is 1.40 bits per heavy atom. The Morgan fingerprint density at radius 3 is 2.60 bits per heavy atom. The van der Waals surface area contributed by atoms with Crippen molar-refractivity contribution >= 4 is 39.1 Å². The summed E-state index contributed by atoms with van der Waals surface area (Å²) in [5.41, 5.74) is 0.265. The van der Waals surface area contributed by atoms with Crippen molar-refractivity contribution < 1.29 is 27.9 Å². The van der Waals surface area contributed by atoms with Gasteiger partial charge in [0.05, 0.1) is 17.4 Å². The molecule has 1 rings (SSSR count). The van der Waals surface area contributed by atoms with E-state index in [1.807, 2.05) is 0 Å². The number of ether oxygens (including phenoxy) is 1. The first kappa shape index (κ1) is 21.0. The molecule has 140 valence electrons. The number of hydrogen-bond acceptors (Lipinski definition) is 5. The smallest absolute Gasteiger partial charge is 0.321 e. The Labute approximate surface area is 151 Å².